The van der Waals surface area contributed by atoms with Crippen molar-refractivity contribution < 1.29 is 17.9 Å². The third kappa shape index (κ3) is 8.06. The number of unbranched alkanes of at least 4 members (excludes halogenated alkanes) is 3. The predicted octanol–water partition coefficient (Wildman–Crippen LogP) is 3.57. The van der Waals surface area contributed by atoms with Gasteiger partial charge in [0.25, 0.3) is 0 Å². The highest BCUT2D eigenvalue weighted by Gasteiger charge is 2.13. The van der Waals surface area contributed by atoms with Crippen LogP contribution in [0.2, 0.25) is 0 Å². The lowest BCUT2D eigenvalue weighted by molar-refractivity contribution is -0.154. The van der Waals surface area contributed by atoms with Gasteiger partial charge in [-0.3, -0.25) is 0 Å². The molecule has 2 rings (SSSR count). The summed E-state index contributed by atoms with van der Waals surface area (Å²) in [7, 11) is -3.30. The van der Waals surface area contributed by atoms with Crippen LogP contribution in [0.25, 0.3) is 0 Å². The van der Waals surface area contributed by atoms with E-state index in [-0.39, 0.29) is 12.0 Å². The van der Waals surface area contributed by atoms with Gasteiger partial charge in [0.2, 0.25) is 0 Å². The average molecular weight is 375 g/mol. The van der Waals surface area contributed by atoms with E-state index in [1.165, 1.54) is 0 Å². The van der Waals surface area contributed by atoms with Gasteiger partial charge in [-0.2, -0.15) is 0 Å². The van der Waals surface area contributed by atoms with Gasteiger partial charge < -0.3 is 9.47 Å². The van der Waals surface area contributed by atoms with Crippen LogP contribution in [0, 0.1) is 23.7 Å². The highest BCUT2D eigenvalue weighted by Crippen LogP contribution is 2.13. The summed E-state index contributed by atoms with van der Waals surface area (Å²) in [5.41, 5.74) is 0. The monoisotopic (exact) mass is 374 g/mol. The molecule has 1 unspecified atom stereocenters. The number of sulfone groups is 1. The molecule has 4 nitrogen and oxygen atoms in total. The maximum atomic E-state index is 12.0. The summed E-state index contributed by atoms with van der Waals surface area (Å²) in [5, 5.41) is 0. The fraction of sp³-hybridized carbons (Fsp3) is 0.524. The third-order valence-corrected chi connectivity index (χ3v) is 5.46. The molecule has 0 amide bonds. The molecular weight excluding hydrogens is 348 g/mol. The number of hydrogen-bond acceptors (Lipinski definition) is 4. The van der Waals surface area contributed by atoms with Crippen molar-refractivity contribution in [2.24, 2.45) is 0 Å². The first-order chi connectivity index (χ1) is 12.7. The molecule has 0 spiro atoms. The molecule has 0 radical (unpaired) electrons. The Morgan fingerprint density at radius 1 is 1.00 bits per heavy atom. The molecule has 0 aromatic heterocycles. The zero-order valence-electron chi connectivity index (χ0n) is 15.1. The second kappa shape index (κ2) is 11.8. The van der Waals surface area contributed by atoms with Crippen LogP contribution in [0.5, 0.6) is 0 Å². The lowest BCUT2D eigenvalue weighted by Gasteiger charge is -2.21. The van der Waals surface area contributed by atoms with Gasteiger partial charge in [-0.25, -0.2) is 8.42 Å². The van der Waals surface area contributed by atoms with Crippen molar-refractivity contribution in [3.63, 3.8) is 0 Å². The minimum absolute atomic E-state index is 0.0829. The van der Waals surface area contributed by atoms with Crippen LogP contribution in [0.3, 0.4) is 0 Å². The fourth-order valence-electron chi connectivity index (χ4n) is 2.49. The third-order valence-electron chi connectivity index (χ3n) is 3.95. The molecule has 1 saturated heterocycles. The van der Waals surface area contributed by atoms with E-state index in [0.717, 1.165) is 45.1 Å². The lowest BCUT2D eigenvalue weighted by Crippen LogP contribution is -2.22. The summed E-state index contributed by atoms with van der Waals surface area (Å²) < 4.78 is 35.1. The zero-order chi connectivity index (χ0) is 18.5. The van der Waals surface area contributed by atoms with Crippen molar-refractivity contribution in [3.8, 4) is 23.7 Å². The Labute approximate surface area is 157 Å². The Bertz CT molecular complexity index is 742. The fourth-order valence-corrected chi connectivity index (χ4v) is 3.52. The summed E-state index contributed by atoms with van der Waals surface area (Å²) in [6.07, 6.45) is 6.52. The molecule has 1 aromatic carbocycles. The molecule has 1 heterocycles. The van der Waals surface area contributed by atoms with Crippen molar-refractivity contribution in [3.05, 3.63) is 30.3 Å². The lowest BCUT2D eigenvalue weighted by atomic mass is 10.2. The SMILES string of the molecule is O=S(=O)(CC#CCCCCC#CCOC1CCCCO1)c1ccccc1. The molecule has 1 atom stereocenters. The van der Waals surface area contributed by atoms with E-state index in [2.05, 4.69) is 23.7 Å². The minimum atomic E-state index is -3.30. The van der Waals surface area contributed by atoms with E-state index in [0.29, 0.717) is 17.9 Å². The Morgan fingerprint density at radius 3 is 2.42 bits per heavy atom. The predicted molar refractivity (Wildman–Crippen MR) is 102 cm³/mol. The second-order valence-corrected chi connectivity index (χ2v) is 8.08. The maximum Gasteiger partial charge on any atom is 0.189 e. The highest BCUT2D eigenvalue weighted by molar-refractivity contribution is 7.91. The van der Waals surface area contributed by atoms with Crippen LogP contribution in [0.15, 0.2) is 35.2 Å². The largest absolute Gasteiger partial charge is 0.353 e. The molecule has 0 saturated carbocycles. The maximum absolute atomic E-state index is 12.0. The Kier molecular flexibility index (Phi) is 9.28. The Morgan fingerprint density at radius 2 is 1.73 bits per heavy atom. The number of benzene rings is 1. The van der Waals surface area contributed by atoms with Gasteiger partial charge in [0.1, 0.15) is 12.4 Å². The second-order valence-electron chi connectivity index (χ2n) is 6.09. The standard InChI is InChI=1S/C21H26O4S/c22-26(23,20-14-8-7-9-15-20)19-13-6-4-2-1-3-5-11-17-24-21-16-10-12-18-25-21/h7-9,14-15,21H,1-4,10,12,16-19H2. The van der Waals surface area contributed by atoms with Crippen LogP contribution >= 0.6 is 0 Å². The van der Waals surface area contributed by atoms with Gasteiger partial charge in [0.05, 0.1) is 4.90 Å². The molecule has 5 heteroatoms. The molecule has 1 aliphatic heterocycles. The first-order valence-corrected chi connectivity index (χ1v) is 10.8. The van der Waals surface area contributed by atoms with E-state index in [1.807, 2.05) is 0 Å². The van der Waals surface area contributed by atoms with Crippen LogP contribution < -0.4 is 0 Å². The molecule has 1 aliphatic rings. The summed E-state index contributed by atoms with van der Waals surface area (Å²) in [6.45, 7) is 1.20. The summed E-state index contributed by atoms with van der Waals surface area (Å²) in [5.74, 6) is 11.7. The highest BCUT2D eigenvalue weighted by atomic mass is 32.2. The normalized spacial score (nSPS) is 16.8. The molecule has 26 heavy (non-hydrogen) atoms. The molecule has 1 fully saturated rings. The van der Waals surface area contributed by atoms with Crippen molar-refractivity contribution in [1.29, 1.82) is 0 Å². The van der Waals surface area contributed by atoms with Crippen LogP contribution in [-0.4, -0.2) is 33.7 Å². The topological polar surface area (TPSA) is 52.6 Å². The van der Waals surface area contributed by atoms with Gasteiger partial charge in [0.15, 0.2) is 16.1 Å². The Hall–Kier alpha value is -1.79. The first-order valence-electron chi connectivity index (χ1n) is 9.11. The molecule has 0 bridgehead atoms. The first kappa shape index (κ1) is 20.5. The summed E-state index contributed by atoms with van der Waals surface area (Å²) in [6, 6.07) is 8.42. The van der Waals surface area contributed by atoms with Crippen molar-refractivity contribution in [1.82, 2.24) is 0 Å². The van der Waals surface area contributed by atoms with Gasteiger partial charge in [-0.1, -0.05) is 30.0 Å². The summed E-state index contributed by atoms with van der Waals surface area (Å²) in [4.78, 5) is 0.324. The van der Waals surface area contributed by atoms with Gasteiger partial charge in [0, 0.05) is 19.4 Å². The van der Waals surface area contributed by atoms with Crippen LogP contribution in [0.1, 0.15) is 44.9 Å². The number of hydrogen-bond donors (Lipinski definition) is 0. The van der Waals surface area contributed by atoms with Gasteiger partial charge >= 0.3 is 0 Å². The number of ether oxygens (including phenoxy) is 2. The number of rotatable bonds is 7. The van der Waals surface area contributed by atoms with Crippen molar-refractivity contribution >= 4 is 9.84 Å². The van der Waals surface area contributed by atoms with Crippen LogP contribution in [-0.2, 0) is 19.3 Å². The van der Waals surface area contributed by atoms with Crippen molar-refractivity contribution in [2.45, 2.75) is 56.1 Å². The Balaban J connectivity index is 1.53. The quantitative estimate of drug-likeness (QED) is 0.541. The zero-order valence-corrected chi connectivity index (χ0v) is 15.9. The molecule has 0 aliphatic carbocycles. The summed E-state index contributed by atoms with van der Waals surface area (Å²) >= 11 is 0. The van der Waals surface area contributed by atoms with E-state index < -0.39 is 9.84 Å². The van der Waals surface area contributed by atoms with E-state index in [9.17, 15) is 8.42 Å². The van der Waals surface area contributed by atoms with E-state index in [1.54, 1.807) is 30.3 Å². The molecule has 0 N–H and O–H groups in total. The van der Waals surface area contributed by atoms with Gasteiger partial charge in [-0.05, 0) is 44.2 Å². The average Bonchev–Trinajstić information content (AvgIpc) is 2.67. The van der Waals surface area contributed by atoms with E-state index in [4.69, 9.17) is 9.47 Å². The van der Waals surface area contributed by atoms with E-state index >= 15 is 0 Å². The van der Waals surface area contributed by atoms with Gasteiger partial charge in [-0.15, -0.1) is 11.8 Å². The molecular formula is C21H26O4S. The molecule has 140 valence electrons. The smallest absolute Gasteiger partial charge is 0.189 e. The molecule has 1 aromatic rings. The minimum Gasteiger partial charge on any atom is -0.353 e. The van der Waals surface area contributed by atoms with Crippen molar-refractivity contribution in [2.75, 3.05) is 19.0 Å². The van der Waals surface area contributed by atoms with Crippen LogP contribution in [0.4, 0.5) is 0 Å².